The van der Waals surface area contributed by atoms with Gasteiger partial charge in [0.15, 0.2) is 23.5 Å². The summed E-state index contributed by atoms with van der Waals surface area (Å²) in [5.41, 5.74) is 1.81. The molecule has 3 aromatic rings. The van der Waals surface area contributed by atoms with E-state index >= 15 is 0 Å². The largest absolute Gasteiger partial charge is 0.478 e. The molecule has 8 nitrogen and oxygen atoms in total. The molecular formula is C22H24FN3O5S. The summed E-state index contributed by atoms with van der Waals surface area (Å²) in [4.78, 5) is 28.1. The number of aromatic amines is 1. The van der Waals surface area contributed by atoms with Crippen molar-refractivity contribution in [3.05, 3.63) is 58.5 Å². The van der Waals surface area contributed by atoms with Gasteiger partial charge in [-0.3, -0.25) is 4.79 Å². The van der Waals surface area contributed by atoms with Crippen molar-refractivity contribution in [2.75, 3.05) is 6.61 Å². The lowest BCUT2D eigenvalue weighted by Gasteiger charge is -2.11. The minimum Gasteiger partial charge on any atom is -0.478 e. The number of aryl methyl sites for hydroxylation is 1. The maximum Gasteiger partial charge on any atom is 0.340 e. The number of hydrogen-bond donors (Lipinski definition) is 1. The van der Waals surface area contributed by atoms with Gasteiger partial charge >= 0.3 is 5.97 Å². The van der Waals surface area contributed by atoms with Crippen molar-refractivity contribution in [3.63, 3.8) is 0 Å². The van der Waals surface area contributed by atoms with Crippen LogP contribution in [0, 0.1) is 19.7 Å². The lowest BCUT2D eigenvalue weighted by Crippen LogP contribution is -2.15. The predicted molar refractivity (Wildman–Crippen MR) is 116 cm³/mol. The molecule has 170 valence electrons. The van der Waals surface area contributed by atoms with Gasteiger partial charge in [0.25, 0.3) is 11.1 Å². The molecule has 0 amide bonds. The molecule has 0 radical (unpaired) electrons. The lowest BCUT2D eigenvalue weighted by atomic mass is 10.1. The highest BCUT2D eigenvalue weighted by atomic mass is 32.2. The van der Waals surface area contributed by atoms with Gasteiger partial charge in [-0.25, -0.2) is 9.18 Å². The summed E-state index contributed by atoms with van der Waals surface area (Å²) in [6.07, 6.45) is -0.680. The number of Topliss-reactive ketones (excluding diaryl/α,β-unsaturated/α-hetero) is 1. The van der Waals surface area contributed by atoms with Gasteiger partial charge in [-0.2, -0.15) is 0 Å². The number of esters is 1. The van der Waals surface area contributed by atoms with Gasteiger partial charge in [0.1, 0.15) is 0 Å². The molecule has 3 rings (SSSR count). The molecule has 0 saturated carbocycles. The summed E-state index contributed by atoms with van der Waals surface area (Å²) in [7, 11) is 0. The molecule has 1 aromatic carbocycles. The third kappa shape index (κ3) is 5.01. The van der Waals surface area contributed by atoms with Crippen LogP contribution in [0.1, 0.15) is 64.9 Å². The standard InChI is InChI=1S/C22H24FN3O5S/c1-6-29-21(28)17-11(2)18(24-12(17)3)19(27)14(5)32-22-26-25-20(31-22)13(4)30-16-10-8-7-9-15(16)23/h7-10,13-14,24H,6H2,1-5H3/t13-,14-/m0/s1. The molecule has 0 saturated heterocycles. The van der Waals surface area contributed by atoms with Gasteiger partial charge in [0.2, 0.25) is 0 Å². The van der Waals surface area contributed by atoms with E-state index in [0.717, 1.165) is 11.8 Å². The van der Waals surface area contributed by atoms with E-state index in [0.29, 0.717) is 22.5 Å². The van der Waals surface area contributed by atoms with Crippen LogP contribution in [0.3, 0.4) is 0 Å². The molecule has 0 bridgehead atoms. The summed E-state index contributed by atoms with van der Waals surface area (Å²) < 4.78 is 30.0. The number of rotatable bonds is 9. The Balaban J connectivity index is 1.69. The first-order chi connectivity index (χ1) is 15.2. The van der Waals surface area contributed by atoms with E-state index in [1.807, 2.05) is 0 Å². The third-order valence-electron chi connectivity index (χ3n) is 4.72. The van der Waals surface area contributed by atoms with Crippen LogP contribution in [0.5, 0.6) is 5.75 Å². The average Bonchev–Trinajstić information content (AvgIpc) is 3.33. The van der Waals surface area contributed by atoms with Crippen molar-refractivity contribution in [1.29, 1.82) is 0 Å². The van der Waals surface area contributed by atoms with Gasteiger partial charge in [0, 0.05) is 5.69 Å². The van der Waals surface area contributed by atoms with Gasteiger partial charge in [-0.15, -0.1) is 10.2 Å². The molecule has 0 aliphatic rings. The number of carbonyl (C=O) groups excluding carboxylic acids is 2. The van der Waals surface area contributed by atoms with E-state index in [1.165, 1.54) is 12.1 Å². The number of nitrogens with zero attached hydrogens (tertiary/aromatic N) is 2. The van der Waals surface area contributed by atoms with E-state index in [-0.39, 0.29) is 29.3 Å². The van der Waals surface area contributed by atoms with Crippen LogP contribution in [0.4, 0.5) is 4.39 Å². The van der Waals surface area contributed by atoms with E-state index in [1.54, 1.807) is 46.8 Å². The zero-order valence-corrected chi connectivity index (χ0v) is 19.2. The summed E-state index contributed by atoms with van der Waals surface area (Å²) in [6.45, 7) is 8.75. The number of benzene rings is 1. The minimum absolute atomic E-state index is 0.0749. The second-order valence-corrected chi connectivity index (χ2v) is 8.36. The fourth-order valence-electron chi connectivity index (χ4n) is 3.13. The first-order valence-corrected chi connectivity index (χ1v) is 10.9. The SMILES string of the molecule is CCOC(=O)c1c(C)[nH]c(C(=O)[C@H](C)Sc2nnc([C@H](C)Oc3ccccc3F)o2)c1C. The molecule has 0 unspecified atom stereocenters. The van der Waals surface area contributed by atoms with Crippen LogP contribution in [0.2, 0.25) is 0 Å². The summed E-state index contributed by atoms with van der Waals surface area (Å²) in [5.74, 6) is -0.950. The number of ketones is 1. The molecule has 0 spiro atoms. The van der Waals surface area contributed by atoms with Crippen molar-refractivity contribution in [2.24, 2.45) is 0 Å². The van der Waals surface area contributed by atoms with E-state index < -0.39 is 23.1 Å². The molecule has 2 aromatic heterocycles. The topological polar surface area (TPSA) is 107 Å². The zero-order valence-electron chi connectivity index (χ0n) is 18.4. The zero-order chi connectivity index (χ0) is 23.4. The lowest BCUT2D eigenvalue weighted by molar-refractivity contribution is 0.0525. The van der Waals surface area contributed by atoms with Gasteiger partial charge < -0.3 is 18.9 Å². The van der Waals surface area contributed by atoms with E-state index in [4.69, 9.17) is 13.9 Å². The van der Waals surface area contributed by atoms with E-state index in [2.05, 4.69) is 15.2 Å². The normalized spacial score (nSPS) is 12.9. The van der Waals surface area contributed by atoms with Crippen LogP contribution < -0.4 is 4.74 Å². The molecule has 10 heteroatoms. The quantitative estimate of drug-likeness (QED) is 0.274. The highest BCUT2D eigenvalue weighted by molar-refractivity contribution is 8.00. The average molecular weight is 462 g/mol. The number of hydrogen-bond acceptors (Lipinski definition) is 8. The number of ether oxygens (including phenoxy) is 2. The summed E-state index contributed by atoms with van der Waals surface area (Å²) >= 11 is 1.08. The second kappa shape index (κ2) is 9.99. The van der Waals surface area contributed by atoms with Crippen molar-refractivity contribution in [2.45, 2.75) is 51.2 Å². The molecule has 0 aliphatic carbocycles. The van der Waals surface area contributed by atoms with Crippen LogP contribution in [0.25, 0.3) is 0 Å². The number of nitrogens with one attached hydrogen (secondary N) is 1. The number of halogens is 1. The summed E-state index contributed by atoms with van der Waals surface area (Å²) in [6, 6.07) is 6.02. The van der Waals surface area contributed by atoms with Gasteiger partial charge in [-0.1, -0.05) is 23.9 Å². The monoisotopic (exact) mass is 461 g/mol. The Labute approximate surface area is 188 Å². The molecule has 0 aliphatic heterocycles. The fraction of sp³-hybridized carbons (Fsp3) is 0.364. The highest BCUT2D eigenvalue weighted by Crippen LogP contribution is 2.30. The number of thioether (sulfide) groups is 1. The highest BCUT2D eigenvalue weighted by Gasteiger charge is 2.28. The van der Waals surface area contributed by atoms with Crippen LogP contribution in [-0.4, -0.2) is 38.8 Å². The number of carbonyl (C=O) groups is 2. The molecule has 1 N–H and O–H groups in total. The van der Waals surface area contributed by atoms with Crippen LogP contribution in [-0.2, 0) is 4.74 Å². The minimum atomic E-state index is -0.680. The van der Waals surface area contributed by atoms with Crippen LogP contribution >= 0.6 is 11.8 Å². The maximum atomic E-state index is 13.8. The smallest absolute Gasteiger partial charge is 0.340 e. The molecule has 2 atom stereocenters. The molecular weight excluding hydrogens is 437 g/mol. The fourth-order valence-corrected chi connectivity index (χ4v) is 3.88. The van der Waals surface area contributed by atoms with Crippen LogP contribution in [0.15, 0.2) is 33.9 Å². The predicted octanol–water partition coefficient (Wildman–Crippen LogP) is 4.83. The van der Waals surface area contributed by atoms with Crippen molar-refractivity contribution in [1.82, 2.24) is 15.2 Å². The number of aromatic nitrogens is 3. The Hall–Kier alpha value is -3.14. The van der Waals surface area contributed by atoms with E-state index in [9.17, 15) is 14.0 Å². The maximum absolute atomic E-state index is 13.8. The second-order valence-electron chi connectivity index (χ2n) is 7.07. The Morgan fingerprint density at radius 1 is 1.22 bits per heavy atom. The Kier molecular flexibility index (Phi) is 7.34. The van der Waals surface area contributed by atoms with Gasteiger partial charge in [0.05, 0.1) is 23.1 Å². The number of H-pyrrole nitrogens is 1. The van der Waals surface area contributed by atoms with Crippen molar-refractivity contribution < 1.29 is 27.9 Å². The molecule has 0 fully saturated rings. The summed E-state index contributed by atoms with van der Waals surface area (Å²) in [5, 5.41) is 7.50. The first kappa shape index (κ1) is 23.5. The van der Waals surface area contributed by atoms with Crippen molar-refractivity contribution >= 4 is 23.5 Å². The molecule has 2 heterocycles. The Morgan fingerprint density at radius 3 is 2.62 bits per heavy atom. The Bertz CT molecular complexity index is 1130. The van der Waals surface area contributed by atoms with Gasteiger partial charge in [-0.05, 0) is 52.3 Å². The Morgan fingerprint density at radius 2 is 1.94 bits per heavy atom. The van der Waals surface area contributed by atoms with Crippen molar-refractivity contribution in [3.8, 4) is 5.75 Å². The third-order valence-corrected chi connectivity index (χ3v) is 5.65. The first-order valence-electron chi connectivity index (χ1n) is 10.0. The number of para-hydroxylation sites is 1. The molecule has 32 heavy (non-hydrogen) atoms.